The van der Waals surface area contributed by atoms with Crippen molar-refractivity contribution in [2.75, 3.05) is 11.9 Å². The SMILES string of the molecule is CCCC(CCBr)CNC(=O)c1ccc(C(C)C)cc1. The zero-order chi connectivity index (χ0) is 15.0. The molecule has 0 radical (unpaired) electrons. The van der Waals surface area contributed by atoms with Gasteiger partial charge in [0.1, 0.15) is 0 Å². The molecular formula is C17H26BrNO. The smallest absolute Gasteiger partial charge is 0.251 e. The van der Waals surface area contributed by atoms with E-state index in [0.29, 0.717) is 11.8 Å². The van der Waals surface area contributed by atoms with Crippen molar-refractivity contribution in [3.05, 3.63) is 35.4 Å². The maximum atomic E-state index is 12.1. The summed E-state index contributed by atoms with van der Waals surface area (Å²) in [6.45, 7) is 7.27. The van der Waals surface area contributed by atoms with Crippen LogP contribution in [0.4, 0.5) is 0 Å². The van der Waals surface area contributed by atoms with Crippen molar-refractivity contribution in [1.82, 2.24) is 5.32 Å². The molecule has 3 heteroatoms. The first-order valence-corrected chi connectivity index (χ1v) is 8.64. The van der Waals surface area contributed by atoms with E-state index in [9.17, 15) is 4.79 Å². The topological polar surface area (TPSA) is 29.1 Å². The van der Waals surface area contributed by atoms with E-state index in [4.69, 9.17) is 0 Å². The summed E-state index contributed by atoms with van der Waals surface area (Å²) in [5.74, 6) is 1.11. The van der Waals surface area contributed by atoms with Crippen LogP contribution in [0, 0.1) is 5.92 Å². The molecule has 0 fully saturated rings. The van der Waals surface area contributed by atoms with Gasteiger partial charge in [0.2, 0.25) is 0 Å². The van der Waals surface area contributed by atoms with Crippen LogP contribution in [0.1, 0.15) is 61.9 Å². The number of halogens is 1. The van der Waals surface area contributed by atoms with E-state index in [1.54, 1.807) is 0 Å². The fourth-order valence-corrected chi connectivity index (χ4v) is 2.92. The molecule has 0 saturated heterocycles. The monoisotopic (exact) mass is 339 g/mol. The van der Waals surface area contributed by atoms with E-state index < -0.39 is 0 Å². The predicted octanol–water partition coefficient (Wildman–Crippen LogP) is 4.74. The minimum atomic E-state index is 0.0379. The molecule has 0 aromatic heterocycles. The molecule has 0 aliphatic rings. The molecule has 20 heavy (non-hydrogen) atoms. The molecule has 0 spiro atoms. The quantitative estimate of drug-likeness (QED) is 0.681. The van der Waals surface area contributed by atoms with Crippen LogP contribution in [0.15, 0.2) is 24.3 Å². The highest BCUT2D eigenvalue weighted by Gasteiger charge is 2.11. The van der Waals surface area contributed by atoms with Crippen LogP contribution < -0.4 is 5.32 Å². The highest BCUT2D eigenvalue weighted by atomic mass is 79.9. The molecule has 0 heterocycles. The molecule has 0 saturated carbocycles. The maximum absolute atomic E-state index is 12.1. The Hall–Kier alpha value is -0.830. The molecule has 0 aliphatic heterocycles. The van der Waals surface area contributed by atoms with E-state index in [2.05, 4.69) is 42.0 Å². The Kier molecular flexibility index (Phi) is 7.90. The number of benzene rings is 1. The molecule has 112 valence electrons. The van der Waals surface area contributed by atoms with Gasteiger partial charge in [0.25, 0.3) is 5.91 Å². The average Bonchev–Trinajstić information content (AvgIpc) is 2.45. The maximum Gasteiger partial charge on any atom is 0.251 e. The summed E-state index contributed by atoms with van der Waals surface area (Å²) in [5.41, 5.74) is 2.02. The van der Waals surface area contributed by atoms with Gasteiger partial charge < -0.3 is 5.32 Å². The lowest BCUT2D eigenvalue weighted by molar-refractivity contribution is 0.0946. The standard InChI is InChI=1S/C17H26BrNO/c1-4-5-14(10-11-18)12-19-17(20)16-8-6-15(7-9-16)13(2)3/h6-9,13-14H,4-5,10-12H2,1-3H3,(H,19,20). The minimum absolute atomic E-state index is 0.0379. The summed E-state index contributed by atoms with van der Waals surface area (Å²) in [4.78, 5) is 12.1. The van der Waals surface area contributed by atoms with Gasteiger partial charge in [-0.1, -0.05) is 55.3 Å². The molecule has 0 aliphatic carbocycles. The zero-order valence-corrected chi connectivity index (χ0v) is 14.4. The Morgan fingerprint density at radius 3 is 2.35 bits per heavy atom. The van der Waals surface area contributed by atoms with Crippen molar-refractivity contribution in [2.24, 2.45) is 5.92 Å². The highest BCUT2D eigenvalue weighted by Crippen LogP contribution is 2.15. The third-order valence-corrected chi connectivity index (χ3v) is 4.06. The Morgan fingerprint density at radius 2 is 1.85 bits per heavy atom. The second-order valence-electron chi connectivity index (χ2n) is 5.62. The molecule has 1 rings (SSSR count). The Labute approximate surface area is 131 Å². The number of hydrogen-bond donors (Lipinski definition) is 1. The van der Waals surface area contributed by atoms with Crippen molar-refractivity contribution >= 4 is 21.8 Å². The van der Waals surface area contributed by atoms with Gasteiger partial charge in [-0.15, -0.1) is 0 Å². The van der Waals surface area contributed by atoms with Crippen LogP contribution in [0.3, 0.4) is 0 Å². The van der Waals surface area contributed by atoms with Gasteiger partial charge in [0.15, 0.2) is 0 Å². The van der Waals surface area contributed by atoms with Crippen molar-refractivity contribution in [3.8, 4) is 0 Å². The van der Waals surface area contributed by atoms with Crippen LogP contribution in [-0.2, 0) is 0 Å². The van der Waals surface area contributed by atoms with E-state index in [1.807, 2.05) is 24.3 Å². The zero-order valence-electron chi connectivity index (χ0n) is 12.8. The number of amides is 1. The van der Waals surface area contributed by atoms with E-state index in [1.165, 1.54) is 5.56 Å². The van der Waals surface area contributed by atoms with Gasteiger partial charge >= 0.3 is 0 Å². The van der Waals surface area contributed by atoms with E-state index in [-0.39, 0.29) is 5.91 Å². The fourth-order valence-electron chi connectivity index (χ4n) is 2.27. The predicted molar refractivity (Wildman–Crippen MR) is 89.7 cm³/mol. The summed E-state index contributed by atoms with van der Waals surface area (Å²) < 4.78 is 0. The van der Waals surface area contributed by atoms with Crippen molar-refractivity contribution < 1.29 is 4.79 Å². The molecule has 2 nitrogen and oxygen atoms in total. The van der Waals surface area contributed by atoms with Crippen LogP contribution in [0.25, 0.3) is 0 Å². The van der Waals surface area contributed by atoms with Gasteiger partial charge in [0.05, 0.1) is 0 Å². The number of hydrogen-bond acceptors (Lipinski definition) is 1. The lowest BCUT2D eigenvalue weighted by atomic mass is 10.00. The van der Waals surface area contributed by atoms with Gasteiger partial charge in [-0.2, -0.15) is 0 Å². The molecule has 0 bridgehead atoms. The molecule has 1 amide bonds. The highest BCUT2D eigenvalue weighted by molar-refractivity contribution is 9.09. The number of nitrogens with one attached hydrogen (secondary N) is 1. The molecule has 1 unspecified atom stereocenters. The number of carbonyl (C=O) groups is 1. The van der Waals surface area contributed by atoms with Crippen molar-refractivity contribution in [3.63, 3.8) is 0 Å². The summed E-state index contributed by atoms with van der Waals surface area (Å²) in [6, 6.07) is 7.93. The largest absolute Gasteiger partial charge is 0.352 e. The molecule has 1 N–H and O–H groups in total. The fraction of sp³-hybridized carbons (Fsp3) is 0.588. The lowest BCUT2D eigenvalue weighted by Crippen LogP contribution is -2.29. The van der Waals surface area contributed by atoms with Crippen molar-refractivity contribution in [1.29, 1.82) is 0 Å². The number of alkyl halides is 1. The molecule has 1 aromatic carbocycles. The minimum Gasteiger partial charge on any atom is -0.352 e. The molecule has 1 aromatic rings. The van der Waals surface area contributed by atoms with Crippen LogP contribution >= 0.6 is 15.9 Å². The molecular weight excluding hydrogens is 314 g/mol. The van der Waals surface area contributed by atoms with Gasteiger partial charge in [-0.25, -0.2) is 0 Å². The molecule has 1 atom stereocenters. The summed E-state index contributed by atoms with van der Waals surface area (Å²) >= 11 is 3.48. The Morgan fingerprint density at radius 1 is 1.20 bits per heavy atom. The lowest BCUT2D eigenvalue weighted by Gasteiger charge is -2.15. The van der Waals surface area contributed by atoms with Gasteiger partial charge in [-0.3, -0.25) is 4.79 Å². The summed E-state index contributed by atoms with van der Waals surface area (Å²) in [7, 11) is 0. The Bertz CT molecular complexity index is 394. The van der Waals surface area contributed by atoms with Crippen LogP contribution in [-0.4, -0.2) is 17.8 Å². The Balaban J connectivity index is 2.53. The second-order valence-corrected chi connectivity index (χ2v) is 6.41. The normalized spacial score (nSPS) is 12.4. The first-order chi connectivity index (χ1) is 9.58. The van der Waals surface area contributed by atoms with E-state index >= 15 is 0 Å². The first-order valence-electron chi connectivity index (χ1n) is 7.52. The van der Waals surface area contributed by atoms with Gasteiger partial charge in [-0.05, 0) is 42.4 Å². The second kappa shape index (κ2) is 9.17. The van der Waals surface area contributed by atoms with Gasteiger partial charge in [0, 0.05) is 17.4 Å². The summed E-state index contributed by atoms with van der Waals surface area (Å²) in [6.07, 6.45) is 3.44. The summed E-state index contributed by atoms with van der Waals surface area (Å²) in [5, 5.41) is 4.05. The third kappa shape index (κ3) is 5.66. The third-order valence-electron chi connectivity index (χ3n) is 3.61. The van der Waals surface area contributed by atoms with Crippen molar-refractivity contribution in [2.45, 2.75) is 46.0 Å². The number of rotatable bonds is 8. The van der Waals surface area contributed by atoms with E-state index in [0.717, 1.165) is 36.7 Å². The van der Waals surface area contributed by atoms with Crippen LogP contribution in [0.5, 0.6) is 0 Å². The first kappa shape index (κ1) is 17.2. The van der Waals surface area contributed by atoms with Crippen LogP contribution in [0.2, 0.25) is 0 Å². The number of carbonyl (C=O) groups excluding carboxylic acids is 1. The average molecular weight is 340 g/mol.